The van der Waals surface area contributed by atoms with Crippen molar-refractivity contribution in [3.05, 3.63) is 76.8 Å². The van der Waals surface area contributed by atoms with Crippen LogP contribution in [0.4, 0.5) is 0 Å². The third-order valence-corrected chi connectivity index (χ3v) is 9.57. The molecule has 0 radical (unpaired) electrons. The fraction of sp³-hybridized carbons (Fsp3) is 0.457. The number of likely N-dealkylation sites (tertiary alicyclic amines) is 2. The molecule has 1 atom stereocenters. The van der Waals surface area contributed by atoms with Gasteiger partial charge in [-0.2, -0.15) is 0 Å². The molecule has 1 aromatic heterocycles. The normalized spacial score (nSPS) is 19.0. The quantitative estimate of drug-likeness (QED) is 0.181. The highest BCUT2D eigenvalue weighted by Crippen LogP contribution is 2.32. The standard InChI is InChI=1S/C35H42ClN3O2/c1-3-39-32-11-5-4-10-29(32)30-22-25(13-16-33(30)39)24-38-20-17-28(18-21-38)41-35-23-26(14-15-31(35)36)34(40)12-6-8-27-9-7-19-37(27)2/h4-5,10-11,13-16,22-23,27-28H,3,6-9,12,17-21,24H2,1-2H3. The molecule has 2 saturated heterocycles. The van der Waals surface area contributed by atoms with E-state index in [0.717, 1.165) is 51.9 Å². The second kappa shape index (κ2) is 12.6. The van der Waals surface area contributed by atoms with Gasteiger partial charge in [0.15, 0.2) is 5.78 Å². The van der Waals surface area contributed by atoms with E-state index in [9.17, 15) is 4.79 Å². The van der Waals surface area contributed by atoms with E-state index in [-0.39, 0.29) is 11.9 Å². The summed E-state index contributed by atoms with van der Waals surface area (Å²) in [6.45, 7) is 7.25. The maximum absolute atomic E-state index is 12.9. The van der Waals surface area contributed by atoms with Crippen LogP contribution in [0.2, 0.25) is 5.02 Å². The van der Waals surface area contributed by atoms with E-state index in [0.29, 0.717) is 28.8 Å². The van der Waals surface area contributed by atoms with Gasteiger partial charge in [-0.3, -0.25) is 9.69 Å². The molecular weight excluding hydrogens is 530 g/mol. The summed E-state index contributed by atoms with van der Waals surface area (Å²) < 4.78 is 8.78. The third kappa shape index (κ3) is 6.18. The highest BCUT2D eigenvalue weighted by atomic mass is 35.5. The number of ether oxygens (including phenoxy) is 1. The molecule has 6 rings (SSSR count). The number of ketones is 1. The number of carbonyl (C=O) groups excluding carboxylic acids is 1. The summed E-state index contributed by atoms with van der Waals surface area (Å²) in [7, 11) is 2.19. The van der Waals surface area contributed by atoms with E-state index in [1.165, 1.54) is 46.8 Å². The number of para-hydroxylation sites is 1. The Balaban J connectivity index is 1.03. The lowest BCUT2D eigenvalue weighted by Gasteiger charge is -2.32. The Kier molecular flexibility index (Phi) is 8.66. The molecule has 0 amide bonds. The minimum atomic E-state index is 0.108. The number of carbonyl (C=O) groups is 1. The lowest BCUT2D eigenvalue weighted by Crippen LogP contribution is -2.37. The van der Waals surface area contributed by atoms with Crippen molar-refractivity contribution in [3.63, 3.8) is 0 Å². The van der Waals surface area contributed by atoms with Crippen molar-refractivity contribution in [2.75, 3.05) is 26.7 Å². The summed E-state index contributed by atoms with van der Waals surface area (Å²) in [6.07, 6.45) is 7.12. The summed E-state index contributed by atoms with van der Waals surface area (Å²) in [6, 6.07) is 21.8. The Morgan fingerprint density at radius 2 is 1.76 bits per heavy atom. The van der Waals surface area contributed by atoms with E-state index in [4.69, 9.17) is 16.3 Å². The third-order valence-electron chi connectivity index (χ3n) is 9.25. The predicted octanol–water partition coefficient (Wildman–Crippen LogP) is 7.96. The molecule has 0 saturated carbocycles. The van der Waals surface area contributed by atoms with Gasteiger partial charge in [0.1, 0.15) is 11.9 Å². The summed E-state index contributed by atoms with van der Waals surface area (Å²) in [5.74, 6) is 0.824. The fourth-order valence-electron chi connectivity index (χ4n) is 6.92. The number of hydrogen-bond donors (Lipinski definition) is 0. The zero-order valence-corrected chi connectivity index (χ0v) is 25.2. The zero-order valence-electron chi connectivity index (χ0n) is 24.4. The van der Waals surface area contributed by atoms with Crippen molar-refractivity contribution in [1.29, 1.82) is 0 Å². The molecule has 216 valence electrons. The van der Waals surface area contributed by atoms with Gasteiger partial charge in [0, 0.05) is 66.0 Å². The molecule has 3 aromatic carbocycles. The van der Waals surface area contributed by atoms with Crippen LogP contribution in [0.15, 0.2) is 60.7 Å². The van der Waals surface area contributed by atoms with Gasteiger partial charge in [-0.1, -0.05) is 35.9 Å². The number of rotatable bonds is 10. The van der Waals surface area contributed by atoms with Gasteiger partial charge in [0.25, 0.3) is 0 Å². The van der Waals surface area contributed by atoms with Gasteiger partial charge in [0.05, 0.1) is 5.02 Å². The van der Waals surface area contributed by atoms with Crippen LogP contribution in [0.25, 0.3) is 21.8 Å². The molecule has 0 aliphatic carbocycles. The van der Waals surface area contributed by atoms with Gasteiger partial charge in [-0.15, -0.1) is 0 Å². The van der Waals surface area contributed by atoms with E-state index in [2.05, 4.69) is 70.8 Å². The van der Waals surface area contributed by atoms with Crippen LogP contribution >= 0.6 is 11.6 Å². The molecule has 41 heavy (non-hydrogen) atoms. The van der Waals surface area contributed by atoms with Crippen molar-refractivity contribution in [1.82, 2.24) is 14.4 Å². The number of hydrogen-bond acceptors (Lipinski definition) is 4. The molecule has 5 nitrogen and oxygen atoms in total. The van der Waals surface area contributed by atoms with Crippen LogP contribution in [0.3, 0.4) is 0 Å². The Labute approximate surface area is 249 Å². The van der Waals surface area contributed by atoms with Crippen molar-refractivity contribution >= 4 is 39.2 Å². The van der Waals surface area contributed by atoms with Gasteiger partial charge < -0.3 is 14.2 Å². The average Bonchev–Trinajstić information content (AvgIpc) is 3.54. The SMILES string of the molecule is CCn1c2ccccc2c2cc(CN3CCC(Oc4cc(C(=O)CCCC5CCCN5C)ccc4Cl)CC3)ccc21. The highest BCUT2D eigenvalue weighted by Gasteiger charge is 2.23. The highest BCUT2D eigenvalue weighted by molar-refractivity contribution is 6.32. The summed E-state index contributed by atoms with van der Waals surface area (Å²) >= 11 is 6.51. The largest absolute Gasteiger partial charge is 0.489 e. The number of halogens is 1. The van der Waals surface area contributed by atoms with Crippen molar-refractivity contribution in [3.8, 4) is 5.75 Å². The first-order valence-corrected chi connectivity index (χ1v) is 15.8. The van der Waals surface area contributed by atoms with Gasteiger partial charge in [-0.05, 0) is 101 Å². The molecule has 6 heteroatoms. The first-order chi connectivity index (χ1) is 20.0. The Bertz CT molecular complexity index is 1520. The van der Waals surface area contributed by atoms with Gasteiger partial charge in [0.2, 0.25) is 0 Å². The number of aryl methyl sites for hydroxylation is 1. The van der Waals surface area contributed by atoms with Crippen LogP contribution in [-0.2, 0) is 13.1 Å². The van der Waals surface area contributed by atoms with E-state index >= 15 is 0 Å². The molecule has 2 aliphatic rings. The maximum atomic E-state index is 12.9. The Hall–Kier alpha value is -2.86. The van der Waals surface area contributed by atoms with Gasteiger partial charge in [-0.25, -0.2) is 0 Å². The molecule has 4 aromatic rings. The molecule has 2 fully saturated rings. The van der Waals surface area contributed by atoms with Crippen molar-refractivity contribution in [2.45, 2.75) is 77.1 Å². The molecule has 1 unspecified atom stereocenters. The molecule has 3 heterocycles. The second-order valence-electron chi connectivity index (χ2n) is 11.9. The van der Waals surface area contributed by atoms with Crippen LogP contribution in [0.5, 0.6) is 5.75 Å². The number of piperidine rings is 1. The first-order valence-electron chi connectivity index (χ1n) is 15.4. The minimum Gasteiger partial charge on any atom is -0.489 e. The fourth-order valence-corrected chi connectivity index (χ4v) is 7.08. The van der Waals surface area contributed by atoms with E-state index in [1.54, 1.807) is 0 Å². The van der Waals surface area contributed by atoms with Crippen LogP contribution < -0.4 is 4.74 Å². The maximum Gasteiger partial charge on any atom is 0.163 e. The van der Waals surface area contributed by atoms with Crippen LogP contribution in [-0.4, -0.2) is 59.0 Å². The summed E-state index contributed by atoms with van der Waals surface area (Å²) in [5, 5.41) is 3.25. The lowest BCUT2D eigenvalue weighted by atomic mass is 10.0. The molecule has 2 aliphatic heterocycles. The molecular formula is C35H42ClN3O2. The van der Waals surface area contributed by atoms with Crippen LogP contribution in [0, 0.1) is 0 Å². The molecule has 0 spiro atoms. The zero-order chi connectivity index (χ0) is 28.3. The first kappa shape index (κ1) is 28.3. The Morgan fingerprint density at radius 1 is 0.951 bits per heavy atom. The van der Waals surface area contributed by atoms with Crippen molar-refractivity contribution < 1.29 is 9.53 Å². The summed E-state index contributed by atoms with van der Waals surface area (Å²) in [4.78, 5) is 17.9. The van der Waals surface area contributed by atoms with E-state index in [1.807, 2.05) is 18.2 Å². The number of fused-ring (bicyclic) bond motifs is 3. The Morgan fingerprint density at radius 3 is 2.54 bits per heavy atom. The second-order valence-corrected chi connectivity index (χ2v) is 12.4. The number of benzene rings is 3. The van der Waals surface area contributed by atoms with Gasteiger partial charge >= 0.3 is 0 Å². The number of aromatic nitrogens is 1. The number of Topliss-reactive ketones (excluding diaryl/α,β-unsaturated/α-hetero) is 1. The topological polar surface area (TPSA) is 37.7 Å². The lowest BCUT2D eigenvalue weighted by molar-refractivity contribution is 0.0950. The monoisotopic (exact) mass is 571 g/mol. The summed E-state index contributed by atoms with van der Waals surface area (Å²) in [5.41, 5.74) is 4.68. The minimum absolute atomic E-state index is 0.108. The predicted molar refractivity (Wildman–Crippen MR) is 169 cm³/mol. The van der Waals surface area contributed by atoms with Crippen molar-refractivity contribution in [2.24, 2.45) is 0 Å². The average molecular weight is 572 g/mol. The van der Waals surface area contributed by atoms with Crippen LogP contribution in [0.1, 0.15) is 67.8 Å². The number of nitrogens with zero attached hydrogens (tertiary/aromatic N) is 3. The molecule has 0 bridgehead atoms. The van der Waals surface area contributed by atoms with E-state index < -0.39 is 0 Å². The smallest absolute Gasteiger partial charge is 0.163 e. The molecule has 0 N–H and O–H groups in total.